The summed E-state index contributed by atoms with van der Waals surface area (Å²) in [4.78, 5) is 26.9. The Balaban J connectivity index is 1.52. The van der Waals surface area contributed by atoms with Gasteiger partial charge in [-0.15, -0.1) is 0 Å². The van der Waals surface area contributed by atoms with Gasteiger partial charge in [0.2, 0.25) is 5.91 Å². The zero-order chi connectivity index (χ0) is 23.5. The molecule has 1 aliphatic carbocycles. The number of anilines is 1. The van der Waals surface area contributed by atoms with E-state index in [2.05, 4.69) is 11.0 Å². The summed E-state index contributed by atoms with van der Waals surface area (Å²) in [5.74, 6) is 2.17. The molecular formula is C27H29ClN4O2. The third-order valence-corrected chi connectivity index (χ3v) is 6.71. The van der Waals surface area contributed by atoms with Crippen molar-refractivity contribution in [2.45, 2.75) is 25.9 Å². The maximum atomic E-state index is 12.6. The number of nitrogens with zero attached hydrogens (tertiary/aromatic N) is 4. The SMILES string of the molecule is COCc1nc(-c2ccccc2)nc(N2CCN(C(=O)C3CC3)CC2)c1Cc1cccc(Cl)c1. The Morgan fingerprint density at radius 1 is 1.03 bits per heavy atom. The zero-order valence-corrected chi connectivity index (χ0v) is 20.2. The van der Waals surface area contributed by atoms with Crippen LogP contribution < -0.4 is 4.90 Å². The molecule has 1 saturated carbocycles. The number of ether oxygens (including phenoxy) is 1. The number of benzene rings is 2. The molecular weight excluding hydrogens is 448 g/mol. The van der Waals surface area contributed by atoms with Crippen LogP contribution in [-0.4, -0.2) is 54.1 Å². The minimum absolute atomic E-state index is 0.252. The lowest BCUT2D eigenvalue weighted by atomic mass is 10.0. The highest BCUT2D eigenvalue weighted by Gasteiger charge is 2.35. The van der Waals surface area contributed by atoms with Crippen molar-refractivity contribution in [3.05, 3.63) is 76.4 Å². The lowest BCUT2D eigenvalue weighted by molar-refractivity contribution is -0.132. The number of carbonyl (C=O) groups is 1. The smallest absolute Gasteiger partial charge is 0.225 e. The van der Waals surface area contributed by atoms with Crippen molar-refractivity contribution in [1.82, 2.24) is 14.9 Å². The van der Waals surface area contributed by atoms with Crippen LogP contribution in [0.25, 0.3) is 11.4 Å². The standard InChI is InChI=1S/C27H29ClN4O2/c1-34-18-24-23(17-19-6-5-9-22(28)16-19)26(30-25(29-24)20-7-3-2-4-8-20)31-12-14-32(15-13-31)27(33)21-10-11-21/h2-9,16,21H,10-15,17-18H2,1H3. The Hall–Kier alpha value is -2.96. The fraction of sp³-hybridized carbons (Fsp3) is 0.370. The van der Waals surface area contributed by atoms with E-state index in [0.717, 1.165) is 67.2 Å². The first-order valence-corrected chi connectivity index (χ1v) is 12.2. The van der Waals surface area contributed by atoms with Gasteiger partial charge < -0.3 is 14.5 Å². The van der Waals surface area contributed by atoms with Crippen LogP contribution in [0.3, 0.4) is 0 Å². The second-order valence-electron chi connectivity index (χ2n) is 8.99. The number of amides is 1. The van der Waals surface area contributed by atoms with E-state index in [1.54, 1.807) is 7.11 Å². The summed E-state index contributed by atoms with van der Waals surface area (Å²) in [5, 5.41) is 0.710. The lowest BCUT2D eigenvalue weighted by Gasteiger charge is -2.37. The van der Waals surface area contributed by atoms with Crippen molar-refractivity contribution in [3.8, 4) is 11.4 Å². The van der Waals surface area contributed by atoms with Gasteiger partial charge in [-0.2, -0.15) is 0 Å². The summed E-state index contributed by atoms with van der Waals surface area (Å²) < 4.78 is 5.56. The number of piperazine rings is 1. The van der Waals surface area contributed by atoms with Crippen LogP contribution in [0.15, 0.2) is 54.6 Å². The van der Waals surface area contributed by atoms with Crippen molar-refractivity contribution < 1.29 is 9.53 Å². The van der Waals surface area contributed by atoms with Gasteiger partial charge in [0.1, 0.15) is 5.82 Å². The highest BCUT2D eigenvalue weighted by molar-refractivity contribution is 6.30. The lowest BCUT2D eigenvalue weighted by Crippen LogP contribution is -2.49. The molecule has 0 bridgehead atoms. The van der Waals surface area contributed by atoms with Crippen molar-refractivity contribution in [3.63, 3.8) is 0 Å². The number of carbonyl (C=O) groups excluding carboxylic acids is 1. The first-order chi connectivity index (χ1) is 16.6. The highest BCUT2D eigenvalue weighted by atomic mass is 35.5. The maximum absolute atomic E-state index is 12.6. The minimum Gasteiger partial charge on any atom is -0.378 e. The molecule has 0 N–H and O–H groups in total. The number of hydrogen-bond donors (Lipinski definition) is 0. The molecule has 1 aromatic heterocycles. The highest BCUT2D eigenvalue weighted by Crippen LogP contribution is 2.33. The molecule has 0 radical (unpaired) electrons. The topological polar surface area (TPSA) is 58.6 Å². The van der Waals surface area contributed by atoms with Gasteiger partial charge in [0.25, 0.3) is 0 Å². The molecule has 5 rings (SSSR count). The number of aromatic nitrogens is 2. The predicted molar refractivity (Wildman–Crippen MR) is 134 cm³/mol. The largest absolute Gasteiger partial charge is 0.378 e. The summed E-state index contributed by atoms with van der Waals surface area (Å²) in [5.41, 5.74) is 4.00. The second kappa shape index (κ2) is 10.1. The monoisotopic (exact) mass is 476 g/mol. The molecule has 0 unspecified atom stereocenters. The third-order valence-electron chi connectivity index (χ3n) is 6.47. The Kier molecular flexibility index (Phi) is 6.79. The summed E-state index contributed by atoms with van der Waals surface area (Å²) in [6.07, 6.45) is 2.73. The minimum atomic E-state index is 0.252. The van der Waals surface area contributed by atoms with Gasteiger partial charge in [-0.1, -0.05) is 54.1 Å². The molecule has 0 atom stereocenters. The quantitative estimate of drug-likeness (QED) is 0.499. The average molecular weight is 477 g/mol. The molecule has 6 nitrogen and oxygen atoms in total. The first kappa shape index (κ1) is 22.8. The molecule has 34 heavy (non-hydrogen) atoms. The summed E-state index contributed by atoms with van der Waals surface area (Å²) in [6.45, 7) is 3.33. The van der Waals surface area contributed by atoms with Crippen LogP contribution >= 0.6 is 11.6 Å². The van der Waals surface area contributed by atoms with Gasteiger partial charge in [-0.05, 0) is 30.5 Å². The second-order valence-corrected chi connectivity index (χ2v) is 9.42. The van der Waals surface area contributed by atoms with Crippen LogP contribution in [0, 0.1) is 5.92 Å². The molecule has 2 aromatic carbocycles. The molecule has 1 aliphatic heterocycles. The number of hydrogen-bond acceptors (Lipinski definition) is 5. The molecule has 0 spiro atoms. The van der Waals surface area contributed by atoms with Crippen LogP contribution in [0.5, 0.6) is 0 Å². The number of rotatable bonds is 7. The van der Waals surface area contributed by atoms with Crippen molar-refractivity contribution in [2.24, 2.45) is 5.92 Å². The molecule has 2 heterocycles. The summed E-state index contributed by atoms with van der Waals surface area (Å²) in [6, 6.07) is 17.9. The van der Waals surface area contributed by atoms with Crippen LogP contribution in [0.2, 0.25) is 5.02 Å². The molecule has 2 aliphatic rings. The van der Waals surface area contributed by atoms with E-state index in [1.807, 2.05) is 53.4 Å². The Morgan fingerprint density at radius 2 is 1.79 bits per heavy atom. The molecule has 1 amide bonds. The first-order valence-electron chi connectivity index (χ1n) is 11.8. The van der Waals surface area contributed by atoms with Crippen molar-refractivity contribution in [1.29, 1.82) is 0 Å². The van der Waals surface area contributed by atoms with Crippen molar-refractivity contribution in [2.75, 3.05) is 38.2 Å². The van der Waals surface area contributed by atoms with Gasteiger partial charge >= 0.3 is 0 Å². The van der Waals surface area contributed by atoms with Crippen molar-refractivity contribution >= 4 is 23.3 Å². The normalized spacial score (nSPS) is 16.1. The van der Waals surface area contributed by atoms with Gasteiger partial charge in [0.05, 0.1) is 12.3 Å². The molecule has 176 valence electrons. The van der Waals surface area contributed by atoms with Crippen LogP contribution in [-0.2, 0) is 22.6 Å². The van der Waals surface area contributed by atoms with E-state index in [9.17, 15) is 4.79 Å². The fourth-order valence-electron chi connectivity index (χ4n) is 4.51. The van der Waals surface area contributed by atoms with Crippen LogP contribution in [0.4, 0.5) is 5.82 Å². The van der Waals surface area contributed by atoms with Crippen LogP contribution in [0.1, 0.15) is 29.7 Å². The average Bonchev–Trinajstić information content (AvgIpc) is 3.71. The van der Waals surface area contributed by atoms with E-state index in [0.29, 0.717) is 29.8 Å². The molecule has 7 heteroatoms. The van der Waals surface area contributed by atoms with Gasteiger partial charge in [-0.3, -0.25) is 4.79 Å². The van der Waals surface area contributed by atoms with Gasteiger partial charge in [0, 0.05) is 61.8 Å². The van der Waals surface area contributed by atoms with E-state index >= 15 is 0 Å². The molecule has 1 saturated heterocycles. The summed E-state index contributed by atoms with van der Waals surface area (Å²) in [7, 11) is 1.69. The predicted octanol–water partition coefficient (Wildman–Crippen LogP) is 4.59. The van der Waals surface area contributed by atoms with E-state index in [-0.39, 0.29) is 5.92 Å². The van der Waals surface area contributed by atoms with E-state index in [1.165, 1.54) is 0 Å². The maximum Gasteiger partial charge on any atom is 0.225 e. The fourth-order valence-corrected chi connectivity index (χ4v) is 4.72. The van der Waals surface area contributed by atoms with E-state index < -0.39 is 0 Å². The summed E-state index contributed by atoms with van der Waals surface area (Å²) >= 11 is 6.28. The zero-order valence-electron chi connectivity index (χ0n) is 19.4. The number of methoxy groups -OCH3 is 1. The third kappa shape index (κ3) is 5.08. The number of halogens is 1. The van der Waals surface area contributed by atoms with Gasteiger partial charge in [-0.25, -0.2) is 9.97 Å². The molecule has 2 fully saturated rings. The Morgan fingerprint density at radius 3 is 2.47 bits per heavy atom. The molecule has 3 aromatic rings. The Bertz CT molecular complexity index is 1160. The van der Waals surface area contributed by atoms with E-state index in [4.69, 9.17) is 26.3 Å². The van der Waals surface area contributed by atoms with Gasteiger partial charge in [0.15, 0.2) is 5.82 Å². The Labute approximate surface area is 205 Å².